The third-order valence-corrected chi connectivity index (χ3v) is 4.76. The molecule has 7 heteroatoms. The first-order valence-corrected chi connectivity index (χ1v) is 7.93. The van der Waals surface area contributed by atoms with E-state index in [0.29, 0.717) is 6.42 Å². The highest BCUT2D eigenvalue weighted by atomic mass is 32.2. The van der Waals surface area contributed by atoms with Gasteiger partial charge < -0.3 is 0 Å². The average molecular weight is 304 g/mol. The van der Waals surface area contributed by atoms with Gasteiger partial charge in [0.1, 0.15) is 6.07 Å². The van der Waals surface area contributed by atoms with Crippen molar-refractivity contribution < 1.29 is 8.42 Å². The Hall–Kier alpha value is -2.17. The fraction of sp³-hybridized carbons (Fsp3) is 0.286. The summed E-state index contributed by atoms with van der Waals surface area (Å²) >= 11 is 0. The number of sulfonamides is 1. The SMILES string of the molecule is Cc1n[nH]c(C)c1CCNS(=O)(=O)c1ccccc1C#N. The highest BCUT2D eigenvalue weighted by Gasteiger charge is 2.18. The van der Waals surface area contributed by atoms with Crippen molar-refractivity contribution in [2.24, 2.45) is 0 Å². The highest BCUT2D eigenvalue weighted by molar-refractivity contribution is 7.89. The number of hydrogen-bond donors (Lipinski definition) is 2. The zero-order valence-electron chi connectivity index (χ0n) is 11.8. The van der Waals surface area contributed by atoms with Crippen LogP contribution in [0, 0.1) is 25.2 Å². The Morgan fingerprint density at radius 1 is 1.33 bits per heavy atom. The van der Waals surface area contributed by atoms with Crippen LogP contribution in [0.25, 0.3) is 0 Å². The molecule has 0 spiro atoms. The predicted octanol–water partition coefficient (Wildman–Crippen LogP) is 1.42. The molecule has 1 heterocycles. The van der Waals surface area contributed by atoms with Gasteiger partial charge in [0.05, 0.1) is 16.2 Å². The van der Waals surface area contributed by atoms with Crippen molar-refractivity contribution in [2.45, 2.75) is 25.2 Å². The summed E-state index contributed by atoms with van der Waals surface area (Å²) in [6.07, 6.45) is 0.544. The standard InChI is InChI=1S/C14H16N4O2S/c1-10-13(11(2)18-17-10)7-8-16-21(19,20)14-6-4-3-5-12(14)9-15/h3-6,16H,7-8H2,1-2H3,(H,17,18). The molecule has 0 bridgehead atoms. The minimum absolute atomic E-state index is 0.00753. The number of hydrogen-bond acceptors (Lipinski definition) is 4. The van der Waals surface area contributed by atoms with Crippen molar-refractivity contribution in [3.63, 3.8) is 0 Å². The summed E-state index contributed by atoms with van der Waals surface area (Å²) in [7, 11) is -3.69. The van der Waals surface area contributed by atoms with E-state index in [9.17, 15) is 8.42 Å². The lowest BCUT2D eigenvalue weighted by atomic mass is 10.1. The molecule has 1 aromatic heterocycles. The quantitative estimate of drug-likeness (QED) is 0.872. The van der Waals surface area contributed by atoms with Gasteiger partial charge in [-0.1, -0.05) is 12.1 Å². The molecule has 21 heavy (non-hydrogen) atoms. The Bertz CT molecular complexity index is 768. The van der Waals surface area contributed by atoms with Crippen molar-refractivity contribution >= 4 is 10.0 Å². The number of rotatable bonds is 5. The number of nitriles is 1. The van der Waals surface area contributed by atoms with E-state index in [1.54, 1.807) is 12.1 Å². The number of aromatic nitrogens is 2. The lowest BCUT2D eigenvalue weighted by molar-refractivity contribution is 0.581. The Morgan fingerprint density at radius 3 is 2.67 bits per heavy atom. The summed E-state index contributed by atoms with van der Waals surface area (Å²) in [6, 6.07) is 8.03. The zero-order chi connectivity index (χ0) is 15.5. The fourth-order valence-electron chi connectivity index (χ4n) is 2.12. The molecule has 110 valence electrons. The smallest absolute Gasteiger partial charge is 0.241 e. The normalized spacial score (nSPS) is 11.3. The van der Waals surface area contributed by atoms with Gasteiger partial charge in [-0.2, -0.15) is 10.4 Å². The molecule has 0 fully saturated rings. The number of nitrogens with zero attached hydrogens (tertiary/aromatic N) is 2. The molecule has 0 saturated carbocycles. The lowest BCUT2D eigenvalue weighted by Crippen LogP contribution is -2.26. The Morgan fingerprint density at radius 2 is 2.05 bits per heavy atom. The molecule has 0 aliphatic heterocycles. The van der Waals surface area contributed by atoms with Crippen molar-refractivity contribution in [3.8, 4) is 6.07 Å². The van der Waals surface area contributed by atoms with Crippen molar-refractivity contribution in [3.05, 3.63) is 46.8 Å². The second-order valence-corrected chi connectivity index (χ2v) is 6.40. The second kappa shape index (κ2) is 6.08. The monoisotopic (exact) mass is 304 g/mol. The third kappa shape index (κ3) is 3.29. The van der Waals surface area contributed by atoms with Gasteiger partial charge in [-0.15, -0.1) is 0 Å². The molecule has 6 nitrogen and oxygen atoms in total. The zero-order valence-corrected chi connectivity index (χ0v) is 12.7. The summed E-state index contributed by atoms with van der Waals surface area (Å²) in [5, 5.41) is 15.9. The molecule has 2 aromatic rings. The van der Waals surface area contributed by atoms with Crippen LogP contribution in [-0.4, -0.2) is 25.2 Å². The van der Waals surface area contributed by atoms with Gasteiger partial charge in [0.2, 0.25) is 10.0 Å². The first-order valence-electron chi connectivity index (χ1n) is 6.45. The minimum atomic E-state index is -3.69. The van der Waals surface area contributed by atoms with Crippen molar-refractivity contribution in [2.75, 3.05) is 6.54 Å². The predicted molar refractivity (Wildman–Crippen MR) is 78.1 cm³/mol. The Labute approximate surface area is 123 Å². The summed E-state index contributed by atoms with van der Waals surface area (Å²) in [6.45, 7) is 4.02. The summed E-state index contributed by atoms with van der Waals surface area (Å²) in [4.78, 5) is 0.00753. The van der Waals surface area contributed by atoms with E-state index < -0.39 is 10.0 Å². The molecule has 0 saturated heterocycles. The van der Waals surface area contributed by atoms with Crippen molar-refractivity contribution in [1.82, 2.24) is 14.9 Å². The highest BCUT2D eigenvalue weighted by Crippen LogP contribution is 2.14. The van der Waals surface area contributed by atoms with E-state index in [0.717, 1.165) is 17.0 Å². The van der Waals surface area contributed by atoms with Gasteiger partial charge >= 0.3 is 0 Å². The molecule has 0 aliphatic rings. The molecule has 2 N–H and O–H groups in total. The minimum Gasteiger partial charge on any atom is -0.282 e. The van der Waals surface area contributed by atoms with Crippen LogP contribution in [0.5, 0.6) is 0 Å². The van der Waals surface area contributed by atoms with Gasteiger partial charge in [-0.3, -0.25) is 5.10 Å². The maximum Gasteiger partial charge on any atom is 0.241 e. The molecule has 0 amide bonds. The van der Waals surface area contributed by atoms with Crippen LogP contribution in [-0.2, 0) is 16.4 Å². The number of nitrogens with one attached hydrogen (secondary N) is 2. The molecule has 2 rings (SSSR count). The van der Waals surface area contributed by atoms with Crippen LogP contribution in [0.1, 0.15) is 22.5 Å². The van der Waals surface area contributed by atoms with Gasteiger partial charge in [-0.25, -0.2) is 13.1 Å². The van der Waals surface area contributed by atoms with Crippen LogP contribution >= 0.6 is 0 Å². The van der Waals surface area contributed by atoms with Crippen LogP contribution < -0.4 is 4.72 Å². The largest absolute Gasteiger partial charge is 0.282 e. The van der Waals surface area contributed by atoms with Gasteiger partial charge in [0.15, 0.2) is 0 Å². The number of aromatic amines is 1. The molecule has 1 aromatic carbocycles. The molecular weight excluding hydrogens is 288 g/mol. The van der Waals surface area contributed by atoms with E-state index >= 15 is 0 Å². The maximum absolute atomic E-state index is 12.2. The van der Waals surface area contributed by atoms with Gasteiger partial charge in [-0.05, 0) is 38.0 Å². The Balaban J connectivity index is 2.11. The maximum atomic E-state index is 12.2. The fourth-order valence-corrected chi connectivity index (χ4v) is 3.31. The van der Waals surface area contributed by atoms with Gasteiger partial charge in [0.25, 0.3) is 0 Å². The molecule has 0 aliphatic carbocycles. The number of benzene rings is 1. The Kier molecular flexibility index (Phi) is 4.40. The second-order valence-electron chi connectivity index (χ2n) is 4.67. The molecular formula is C14H16N4O2S. The molecule has 0 unspecified atom stereocenters. The third-order valence-electron chi connectivity index (χ3n) is 3.24. The summed E-state index contributed by atoms with van der Waals surface area (Å²) in [5.74, 6) is 0. The average Bonchev–Trinajstić information content (AvgIpc) is 2.79. The molecule has 0 radical (unpaired) electrons. The van der Waals surface area contributed by atoms with E-state index in [4.69, 9.17) is 5.26 Å². The van der Waals surface area contributed by atoms with E-state index in [1.165, 1.54) is 12.1 Å². The summed E-state index contributed by atoms with van der Waals surface area (Å²) in [5.41, 5.74) is 2.94. The first-order chi connectivity index (χ1) is 9.95. The van der Waals surface area contributed by atoms with E-state index in [1.807, 2.05) is 19.9 Å². The van der Waals surface area contributed by atoms with Crippen molar-refractivity contribution in [1.29, 1.82) is 5.26 Å². The van der Waals surface area contributed by atoms with Gasteiger partial charge in [0, 0.05) is 12.2 Å². The topological polar surface area (TPSA) is 98.6 Å². The van der Waals surface area contributed by atoms with Crippen LogP contribution in [0.4, 0.5) is 0 Å². The van der Waals surface area contributed by atoms with Crippen LogP contribution in [0.15, 0.2) is 29.2 Å². The van der Waals surface area contributed by atoms with E-state index in [2.05, 4.69) is 14.9 Å². The lowest BCUT2D eigenvalue weighted by Gasteiger charge is -2.08. The van der Waals surface area contributed by atoms with Crippen LogP contribution in [0.2, 0.25) is 0 Å². The van der Waals surface area contributed by atoms with E-state index in [-0.39, 0.29) is 17.0 Å². The van der Waals surface area contributed by atoms with Crippen LogP contribution in [0.3, 0.4) is 0 Å². The number of H-pyrrole nitrogens is 1. The molecule has 0 atom stereocenters. The first kappa shape index (κ1) is 15.2. The number of aryl methyl sites for hydroxylation is 2. The summed E-state index contributed by atoms with van der Waals surface area (Å²) < 4.78 is 27.0.